The van der Waals surface area contributed by atoms with Crippen molar-refractivity contribution in [2.24, 2.45) is 5.41 Å². The summed E-state index contributed by atoms with van der Waals surface area (Å²) in [5, 5.41) is 2.01. The first-order chi connectivity index (χ1) is 10.1. The standard InChI is InChI=1S/C16H24N2OS2/c1-4-6-16(10-20,7-5-2)9-18-11-17-13-12(3)8-21-14(13)15(18)19/h8,11,20H,4-7,9-10H2,1-3H3. The Morgan fingerprint density at radius 1 is 1.33 bits per heavy atom. The molecule has 0 aliphatic carbocycles. The smallest absolute Gasteiger partial charge is 0.271 e. The Balaban J connectivity index is 2.41. The van der Waals surface area contributed by atoms with Gasteiger partial charge in [-0.2, -0.15) is 12.6 Å². The Bertz CT molecular complexity index is 654. The molecule has 0 aromatic carbocycles. The summed E-state index contributed by atoms with van der Waals surface area (Å²) in [4.78, 5) is 17.1. The van der Waals surface area contributed by atoms with E-state index in [9.17, 15) is 4.79 Å². The fraction of sp³-hybridized carbons (Fsp3) is 0.625. The van der Waals surface area contributed by atoms with Crippen LogP contribution in [0.25, 0.3) is 10.2 Å². The summed E-state index contributed by atoms with van der Waals surface area (Å²) < 4.78 is 2.57. The summed E-state index contributed by atoms with van der Waals surface area (Å²) in [5.41, 5.74) is 2.12. The van der Waals surface area contributed by atoms with Crippen molar-refractivity contribution in [3.05, 3.63) is 27.6 Å². The fourth-order valence-corrected chi connectivity index (χ4v) is 4.45. The molecule has 0 spiro atoms. The van der Waals surface area contributed by atoms with Crippen LogP contribution in [0.15, 0.2) is 16.5 Å². The molecule has 0 amide bonds. The predicted octanol–water partition coefficient (Wildman–Crippen LogP) is 4.28. The maximum absolute atomic E-state index is 12.7. The molecule has 0 aliphatic heterocycles. The number of hydrogen-bond acceptors (Lipinski definition) is 4. The van der Waals surface area contributed by atoms with Crippen molar-refractivity contribution in [1.29, 1.82) is 0 Å². The molecule has 2 heterocycles. The number of aryl methyl sites for hydroxylation is 1. The minimum Gasteiger partial charge on any atom is -0.297 e. The van der Waals surface area contributed by atoms with Gasteiger partial charge in [-0.25, -0.2) is 4.98 Å². The molecule has 0 fully saturated rings. The van der Waals surface area contributed by atoms with Crippen molar-refractivity contribution in [2.75, 3.05) is 5.75 Å². The topological polar surface area (TPSA) is 34.9 Å². The summed E-state index contributed by atoms with van der Waals surface area (Å²) in [6.07, 6.45) is 6.14. The average molecular weight is 325 g/mol. The van der Waals surface area contributed by atoms with Crippen LogP contribution in [0.5, 0.6) is 0 Å². The van der Waals surface area contributed by atoms with Crippen LogP contribution in [0.3, 0.4) is 0 Å². The van der Waals surface area contributed by atoms with E-state index in [0.717, 1.165) is 53.8 Å². The second kappa shape index (κ2) is 6.97. The second-order valence-corrected chi connectivity index (χ2v) is 7.13. The number of hydrogen-bond donors (Lipinski definition) is 1. The summed E-state index contributed by atoms with van der Waals surface area (Å²) in [6.45, 7) is 7.11. The van der Waals surface area contributed by atoms with Crippen molar-refractivity contribution in [2.45, 2.75) is 53.0 Å². The highest BCUT2D eigenvalue weighted by Crippen LogP contribution is 2.33. The summed E-state index contributed by atoms with van der Waals surface area (Å²) in [6, 6.07) is 0. The van der Waals surface area contributed by atoms with Crippen LogP contribution >= 0.6 is 24.0 Å². The second-order valence-electron chi connectivity index (χ2n) is 5.93. The summed E-state index contributed by atoms with van der Waals surface area (Å²) in [5.74, 6) is 0.808. The van der Waals surface area contributed by atoms with E-state index >= 15 is 0 Å². The van der Waals surface area contributed by atoms with E-state index in [1.54, 1.807) is 10.9 Å². The van der Waals surface area contributed by atoms with Gasteiger partial charge in [0.25, 0.3) is 5.56 Å². The van der Waals surface area contributed by atoms with E-state index in [1.807, 2.05) is 12.3 Å². The van der Waals surface area contributed by atoms with E-state index in [4.69, 9.17) is 0 Å². The third-order valence-electron chi connectivity index (χ3n) is 4.13. The van der Waals surface area contributed by atoms with E-state index in [-0.39, 0.29) is 11.0 Å². The Morgan fingerprint density at radius 3 is 2.57 bits per heavy atom. The Hall–Kier alpha value is -0.810. The van der Waals surface area contributed by atoms with E-state index in [2.05, 4.69) is 31.5 Å². The molecule has 0 unspecified atom stereocenters. The molecular weight excluding hydrogens is 300 g/mol. The monoisotopic (exact) mass is 324 g/mol. The van der Waals surface area contributed by atoms with Gasteiger partial charge in [0.2, 0.25) is 0 Å². The van der Waals surface area contributed by atoms with Crippen LogP contribution in [0, 0.1) is 12.3 Å². The van der Waals surface area contributed by atoms with Crippen molar-refractivity contribution < 1.29 is 0 Å². The third kappa shape index (κ3) is 3.34. The molecule has 2 rings (SSSR count). The molecule has 116 valence electrons. The van der Waals surface area contributed by atoms with Gasteiger partial charge >= 0.3 is 0 Å². The highest BCUT2D eigenvalue weighted by molar-refractivity contribution is 7.80. The highest BCUT2D eigenvalue weighted by Gasteiger charge is 2.28. The van der Waals surface area contributed by atoms with E-state index in [0.29, 0.717) is 0 Å². The lowest BCUT2D eigenvalue weighted by Gasteiger charge is -2.32. The lowest BCUT2D eigenvalue weighted by atomic mass is 9.81. The van der Waals surface area contributed by atoms with Crippen molar-refractivity contribution >= 4 is 34.2 Å². The molecular formula is C16H24N2OS2. The number of nitrogens with zero attached hydrogens (tertiary/aromatic N) is 2. The summed E-state index contributed by atoms with van der Waals surface area (Å²) >= 11 is 6.08. The molecule has 0 radical (unpaired) electrons. The van der Waals surface area contributed by atoms with Crippen LogP contribution in [0.4, 0.5) is 0 Å². The molecule has 2 aromatic rings. The zero-order chi connectivity index (χ0) is 15.5. The first kappa shape index (κ1) is 16.6. The van der Waals surface area contributed by atoms with E-state index in [1.165, 1.54) is 11.3 Å². The number of thiophene rings is 1. The third-order valence-corrected chi connectivity index (χ3v) is 5.87. The van der Waals surface area contributed by atoms with Gasteiger partial charge in [-0.05, 0) is 41.9 Å². The molecule has 0 aliphatic rings. The quantitative estimate of drug-likeness (QED) is 0.771. The molecule has 21 heavy (non-hydrogen) atoms. The van der Waals surface area contributed by atoms with Crippen LogP contribution in [-0.4, -0.2) is 15.3 Å². The number of rotatable bonds is 7. The van der Waals surface area contributed by atoms with Gasteiger partial charge in [0.1, 0.15) is 4.70 Å². The minimum atomic E-state index is 0.0939. The lowest BCUT2D eigenvalue weighted by molar-refractivity contribution is 0.228. The maximum Gasteiger partial charge on any atom is 0.271 e. The van der Waals surface area contributed by atoms with Gasteiger partial charge in [0.05, 0.1) is 11.8 Å². The SMILES string of the molecule is CCCC(CS)(CCC)Cn1cnc2c(C)csc2c1=O. The lowest BCUT2D eigenvalue weighted by Crippen LogP contribution is -2.34. The number of aromatic nitrogens is 2. The highest BCUT2D eigenvalue weighted by atomic mass is 32.1. The van der Waals surface area contributed by atoms with Crippen LogP contribution < -0.4 is 5.56 Å². The first-order valence-corrected chi connectivity index (χ1v) is 9.12. The molecule has 0 bridgehead atoms. The zero-order valence-electron chi connectivity index (χ0n) is 13.1. The minimum absolute atomic E-state index is 0.0939. The van der Waals surface area contributed by atoms with Gasteiger partial charge in [-0.15, -0.1) is 11.3 Å². The Morgan fingerprint density at radius 2 is 2.00 bits per heavy atom. The predicted molar refractivity (Wildman–Crippen MR) is 94.7 cm³/mol. The normalized spacial score (nSPS) is 12.2. The van der Waals surface area contributed by atoms with Crippen molar-refractivity contribution in [3.8, 4) is 0 Å². The largest absolute Gasteiger partial charge is 0.297 e. The van der Waals surface area contributed by atoms with E-state index < -0.39 is 0 Å². The Kier molecular flexibility index (Phi) is 5.49. The van der Waals surface area contributed by atoms with Gasteiger partial charge in [-0.1, -0.05) is 26.7 Å². The van der Waals surface area contributed by atoms with Crippen LogP contribution in [0.1, 0.15) is 45.1 Å². The molecule has 0 saturated carbocycles. The van der Waals surface area contributed by atoms with Crippen molar-refractivity contribution in [3.63, 3.8) is 0 Å². The fourth-order valence-electron chi connectivity index (χ4n) is 3.09. The van der Waals surface area contributed by atoms with Crippen LogP contribution in [-0.2, 0) is 6.54 Å². The van der Waals surface area contributed by atoms with Gasteiger partial charge in [0, 0.05) is 6.54 Å². The first-order valence-electron chi connectivity index (χ1n) is 7.61. The van der Waals surface area contributed by atoms with Gasteiger partial charge in [0.15, 0.2) is 0 Å². The average Bonchev–Trinajstić information content (AvgIpc) is 2.85. The molecule has 0 N–H and O–H groups in total. The van der Waals surface area contributed by atoms with Gasteiger partial charge in [-0.3, -0.25) is 9.36 Å². The summed E-state index contributed by atoms with van der Waals surface area (Å²) in [7, 11) is 0. The van der Waals surface area contributed by atoms with Gasteiger partial charge < -0.3 is 0 Å². The molecule has 2 aromatic heterocycles. The molecule has 3 nitrogen and oxygen atoms in total. The molecule has 5 heteroatoms. The Labute approximate surface area is 135 Å². The number of thiol groups is 1. The number of fused-ring (bicyclic) bond motifs is 1. The molecule has 0 saturated heterocycles. The van der Waals surface area contributed by atoms with Crippen molar-refractivity contribution in [1.82, 2.24) is 9.55 Å². The maximum atomic E-state index is 12.7. The van der Waals surface area contributed by atoms with Crippen LogP contribution in [0.2, 0.25) is 0 Å². The molecule has 0 atom stereocenters. The zero-order valence-corrected chi connectivity index (χ0v) is 14.8.